The minimum atomic E-state index is -4.74. The summed E-state index contributed by atoms with van der Waals surface area (Å²) in [4.78, 5) is 5.33. The topological polar surface area (TPSA) is 16.1 Å². The highest BCUT2D eigenvalue weighted by Crippen LogP contribution is 2.13. The molecule has 1 heterocycles. The lowest BCUT2D eigenvalue weighted by atomic mass is 9.91. The first-order chi connectivity index (χ1) is 6.37. The third kappa shape index (κ3) is 4.10. The number of aromatic nitrogens is 1. The van der Waals surface area contributed by atoms with Crippen LogP contribution in [-0.2, 0) is 6.54 Å². The summed E-state index contributed by atoms with van der Waals surface area (Å²) < 4.78 is 36.1. The van der Waals surface area contributed by atoms with E-state index in [-0.39, 0.29) is 6.54 Å². The van der Waals surface area contributed by atoms with Crippen molar-refractivity contribution in [2.75, 3.05) is 13.5 Å². The second-order valence-corrected chi connectivity index (χ2v) is 4.33. The number of aryl methyl sites for hydroxylation is 1. The molecule has 0 unspecified atom stereocenters. The molecule has 2 nitrogen and oxygen atoms in total. The van der Waals surface area contributed by atoms with Crippen molar-refractivity contribution in [2.24, 2.45) is 0 Å². The summed E-state index contributed by atoms with van der Waals surface area (Å²) in [5.74, 6) is 0. The van der Waals surface area contributed by atoms with Gasteiger partial charge in [-0.15, -0.1) is 11.3 Å². The summed E-state index contributed by atoms with van der Waals surface area (Å²) in [7, 11) is 1.45. The summed E-state index contributed by atoms with van der Waals surface area (Å²) in [5.41, 5.74) is 0.704. The summed E-state index contributed by atoms with van der Waals surface area (Å²) >= 11 is 1.45. The summed E-state index contributed by atoms with van der Waals surface area (Å²) in [6.07, 6.45) is -0.837. The van der Waals surface area contributed by atoms with E-state index in [1.807, 2.05) is 6.92 Å². The summed E-state index contributed by atoms with van der Waals surface area (Å²) in [5, 5.41) is 2.67. The lowest BCUT2D eigenvalue weighted by Crippen LogP contribution is -2.35. The molecule has 14 heavy (non-hydrogen) atoms. The first-order valence-electron chi connectivity index (χ1n) is 4.17. The van der Waals surface area contributed by atoms with Crippen LogP contribution in [0.4, 0.5) is 12.9 Å². The molecule has 0 saturated carbocycles. The molecule has 1 rings (SSSR count). The molecule has 0 spiro atoms. The van der Waals surface area contributed by atoms with E-state index in [2.05, 4.69) is 4.98 Å². The van der Waals surface area contributed by atoms with Crippen LogP contribution in [0.2, 0.25) is 0 Å². The Labute approximate surface area is 84.8 Å². The third-order valence-corrected chi connectivity index (χ3v) is 2.44. The molecular formula is C7H11BF3N2S-. The van der Waals surface area contributed by atoms with E-state index >= 15 is 0 Å². The van der Waals surface area contributed by atoms with E-state index in [9.17, 15) is 12.9 Å². The molecule has 0 saturated heterocycles. The van der Waals surface area contributed by atoms with E-state index in [4.69, 9.17) is 0 Å². The Balaban J connectivity index is 2.45. The molecule has 80 valence electrons. The van der Waals surface area contributed by atoms with Gasteiger partial charge in [-0.25, -0.2) is 4.98 Å². The normalized spacial score (nSPS) is 12.4. The molecule has 7 heteroatoms. The first kappa shape index (κ1) is 11.5. The van der Waals surface area contributed by atoms with Gasteiger partial charge in [0.25, 0.3) is 0 Å². The van der Waals surface area contributed by atoms with Crippen LogP contribution in [-0.4, -0.2) is 30.4 Å². The second-order valence-electron chi connectivity index (χ2n) is 3.26. The van der Waals surface area contributed by atoms with Gasteiger partial charge in [0.2, 0.25) is 0 Å². The van der Waals surface area contributed by atoms with Gasteiger partial charge in [-0.3, -0.25) is 0 Å². The van der Waals surface area contributed by atoms with Crippen LogP contribution in [0.15, 0.2) is 5.38 Å². The monoisotopic (exact) mass is 223 g/mol. The van der Waals surface area contributed by atoms with Crippen molar-refractivity contribution in [3.05, 3.63) is 16.1 Å². The summed E-state index contributed by atoms with van der Waals surface area (Å²) in [6, 6.07) is 0. The highest BCUT2D eigenvalue weighted by molar-refractivity contribution is 7.09. The van der Waals surface area contributed by atoms with Crippen LogP contribution in [0.25, 0.3) is 0 Å². The zero-order chi connectivity index (χ0) is 10.8. The quantitative estimate of drug-likeness (QED) is 0.728. The smallest absolute Gasteiger partial charge is 0.448 e. The van der Waals surface area contributed by atoms with Crippen molar-refractivity contribution in [3.8, 4) is 0 Å². The third-order valence-electron chi connectivity index (χ3n) is 1.62. The van der Waals surface area contributed by atoms with Crippen molar-refractivity contribution in [2.45, 2.75) is 13.5 Å². The van der Waals surface area contributed by atoms with E-state index in [0.717, 1.165) is 5.01 Å². The van der Waals surface area contributed by atoms with Crippen LogP contribution in [0.5, 0.6) is 0 Å². The van der Waals surface area contributed by atoms with Crippen LogP contribution in [0.3, 0.4) is 0 Å². The van der Waals surface area contributed by atoms with Gasteiger partial charge in [0, 0.05) is 11.9 Å². The molecular weight excluding hydrogens is 212 g/mol. The van der Waals surface area contributed by atoms with Crippen LogP contribution in [0.1, 0.15) is 10.7 Å². The molecule has 0 atom stereocenters. The number of rotatable bonds is 4. The average Bonchev–Trinajstić information content (AvgIpc) is 2.30. The molecule has 1 aromatic heterocycles. The number of nitrogens with zero attached hydrogens (tertiary/aromatic N) is 2. The number of halogens is 3. The highest BCUT2D eigenvalue weighted by Gasteiger charge is 2.24. The molecule has 0 radical (unpaired) electrons. The number of thiazole rings is 1. The van der Waals surface area contributed by atoms with Crippen LogP contribution in [0, 0.1) is 6.92 Å². The van der Waals surface area contributed by atoms with Crippen LogP contribution >= 0.6 is 11.3 Å². The zero-order valence-corrected chi connectivity index (χ0v) is 8.82. The molecule has 0 amide bonds. The lowest BCUT2D eigenvalue weighted by molar-refractivity contribution is 0.320. The molecule has 0 N–H and O–H groups in total. The molecule has 0 aliphatic heterocycles. The number of hydrogen-bond acceptors (Lipinski definition) is 3. The van der Waals surface area contributed by atoms with Crippen molar-refractivity contribution in [1.82, 2.24) is 9.88 Å². The van der Waals surface area contributed by atoms with Crippen molar-refractivity contribution in [3.63, 3.8) is 0 Å². The predicted octanol–water partition coefficient (Wildman–Crippen LogP) is 2.27. The molecule has 0 fully saturated rings. The molecule has 0 aliphatic carbocycles. The maximum absolute atomic E-state index is 12.0. The Hall–Kier alpha value is -0.555. The van der Waals surface area contributed by atoms with E-state index in [1.165, 1.54) is 23.3 Å². The number of hydrogen-bond donors (Lipinski definition) is 0. The van der Waals surface area contributed by atoms with E-state index < -0.39 is 13.4 Å². The Morgan fingerprint density at radius 3 is 2.57 bits per heavy atom. The Kier molecular flexibility index (Phi) is 3.55. The summed E-state index contributed by atoms with van der Waals surface area (Å²) in [6.45, 7) is -2.65. The van der Waals surface area contributed by atoms with Gasteiger partial charge in [0.15, 0.2) is 0 Å². The van der Waals surface area contributed by atoms with Gasteiger partial charge in [0.1, 0.15) is 0 Å². The van der Waals surface area contributed by atoms with Gasteiger partial charge in [0.05, 0.1) is 10.7 Å². The van der Waals surface area contributed by atoms with E-state index in [0.29, 0.717) is 5.69 Å². The van der Waals surface area contributed by atoms with Crippen molar-refractivity contribution >= 4 is 18.3 Å². The maximum atomic E-state index is 12.0. The van der Waals surface area contributed by atoms with Gasteiger partial charge in [-0.05, 0) is 20.4 Å². The highest BCUT2D eigenvalue weighted by atomic mass is 32.1. The Morgan fingerprint density at radius 1 is 1.50 bits per heavy atom. The second kappa shape index (κ2) is 4.31. The van der Waals surface area contributed by atoms with Crippen LogP contribution < -0.4 is 0 Å². The lowest BCUT2D eigenvalue weighted by Gasteiger charge is -2.22. The van der Waals surface area contributed by atoms with Gasteiger partial charge in [-0.2, -0.15) is 0 Å². The fourth-order valence-electron chi connectivity index (χ4n) is 1.18. The van der Waals surface area contributed by atoms with E-state index in [1.54, 1.807) is 5.38 Å². The van der Waals surface area contributed by atoms with Gasteiger partial charge < -0.3 is 17.8 Å². The fraction of sp³-hybridized carbons (Fsp3) is 0.571. The molecule has 0 aromatic carbocycles. The predicted molar refractivity (Wildman–Crippen MR) is 52.3 cm³/mol. The average molecular weight is 223 g/mol. The zero-order valence-electron chi connectivity index (χ0n) is 8.01. The van der Waals surface area contributed by atoms with Crippen molar-refractivity contribution < 1.29 is 12.9 Å². The largest absolute Gasteiger partial charge is 0.492 e. The Bertz CT molecular complexity index is 299. The van der Waals surface area contributed by atoms with Gasteiger partial charge in [-0.1, -0.05) is 0 Å². The Morgan fingerprint density at radius 2 is 2.14 bits per heavy atom. The maximum Gasteiger partial charge on any atom is 0.492 e. The SMILES string of the molecule is Cc1nc(CN(C)C[B-](F)(F)F)cs1. The van der Waals surface area contributed by atoms with Gasteiger partial charge >= 0.3 is 6.98 Å². The minimum Gasteiger partial charge on any atom is -0.448 e. The van der Waals surface area contributed by atoms with Crippen molar-refractivity contribution in [1.29, 1.82) is 0 Å². The fourth-order valence-corrected chi connectivity index (χ4v) is 1.78. The molecule has 0 aliphatic rings. The molecule has 1 aromatic rings. The first-order valence-corrected chi connectivity index (χ1v) is 5.05. The molecule has 0 bridgehead atoms. The standard InChI is InChI=1S/C7H11BF3N2S/c1-6-12-7(4-14-6)3-13(2)5-8(9,10)11/h4H,3,5H2,1-2H3/q-1. The minimum absolute atomic E-state index is 0.256.